The van der Waals surface area contributed by atoms with Gasteiger partial charge < -0.3 is 10.4 Å². The predicted molar refractivity (Wildman–Crippen MR) is 70.4 cm³/mol. The molecular weight excluding hydrogens is 218 g/mol. The van der Waals surface area contributed by atoms with Gasteiger partial charge in [-0.1, -0.05) is 19.9 Å². The van der Waals surface area contributed by atoms with E-state index in [-0.39, 0.29) is 6.61 Å². The maximum atomic E-state index is 8.93. The molecule has 0 radical (unpaired) electrons. The summed E-state index contributed by atoms with van der Waals surface area (Å²) >= 11 is 1.89. The molecule has 0 fully saturated rings. The van der Waals surface area contributed by atoms with Crippen molar-refractivity contribution >= 4 is 17.4 Å². The number of nitrogens with one attached hydrogen (secondary N) is 1. The van der Waals surface area contributed by atoms with E-state index >= 15 is 0 Å². The molecule has 0 aliphatic carbocycles. The first-order chi connectivity index (χ1) is 7.70. The fraction of sp³-hybridized carbons (Fsp3) is 0.538. The number of anilines is 1. The van der Waals surface area contributed by atoms with Crippen LogP contribution in [0.15, 0.2) is 23.1 Å². The molecule has 2 rings (SSSR count). The van der Waals surface area contributed by atoms with Crippen molar-refractivity contribution in [3.05, 3.63) is 23.8 Å². The Kier molecular flexibility index (Phi) is 3.77. The number of hydrogen-bond donors (Lipinski definition) is 2. The summed E-state index contributed by atoms with van der Waals surface area (Å²) in [5, 5.41) is 12.4. The first-order valence-electron chi connectivity index (χ1n) is 5.85. The summed E-state index contributed by atoms with van der Waals surface area (Å²) in [7, 11) is 0. The lowest BCUT2D eigenvalue weighted by Crippen LogP contribution is -2.26. The molecule has 0 aromatic heterocycles. The van der Waals surface area contributed by atoms with E-state index < -0.39 is 0 Å². The Morgan fingerprint density at radius 2 is 2.31 bits per heavy atom. The van der Waals surface area contributed by atoms with E-state index in [0.717, 1.165) is 12.2 Å². The van der Waals surface area contributed by atoms with E-state index in [2.05, 4.69) is 37.4 Å². The second kappa shape index (κ2) is 5.11. The molecule has 0 bridgehead atoms. The molecule has 1 heterocycles. The number of rotatable bonds is 3. The smallest absolute Gasteiger partial charge is 0.0481 e. The zero-order valence-corrected chi connectivity index (χ0v) is 10.7. The van der Waals surface area contributed by atoms with Crippen molar-refractivity contribution in [2.45, 2.75) is 37.1 Å². The van der Waals surface area contributed by atoms with Crippen LogP contribution in [0.1, 0.15) is 31.7 Å². The van der Waals surface area contributed by atoms with Crippen LogP contribution in [0, 0.1) is 0 Å². The topological polar surface area (TPSA) is 32.3 Å². The molecule has 1 unspecified atom stereocenters. The average molecular weight is 237 g/mol. The minimum atomic E-state index is 0.262. The van der Waals surface area contributed by atoms with Gasteiger partial charge in [-0.05, 0) is 30.0 Å². The highest BCUT2D eigenvalue weighted by Crippen LogP contribution is 2.35. The van der Waals surface area contributed by atoms with Gasteiger partial charge in [0.2, 0.25) is 0 Å². The third-order valence-corrected chi connectivity index (χ3v) is 4.17. The first kappa shape index (κ1) is 11.8. The maximum absolute atomic E-state index is 8.93. The van der Waals surface area contributed by atoms with Crippen LogP contribution in [0.4, 0.5) is 5.69 Å². The third kappa shape index (κ3) is 2.53. The van der Waals surface area contributed by atoms with Crippen LogP contribution in [0.25, 0.3) is 0 Å². The van der Waals surface area contributed by atoms with Crippen molar-refractivity contribution in [3.8, 4) is 0 Å². The average Bonchev–Trinajstić information content (AvgIpc) is 2.28. The highest BCUT2D eigenvalue weighted by molar-refractivity contribution is 7.99. The summed E-state index contributed by atoms with van der Waals surface area (Å²) in [6.07, 6.45) is 0.832. The predicted octanol–water partition coefficient (Wildman–Crippen LogP) is 3.08. The minimum Gasteiger partial charge on any atom is -0.396 e. The summed E-state index contributed by atoms with van der Waals surface area (Å²) in [6.45, 7) is 4.70. The van der Waals surface area contributed by atoms with Crippen molar-refractivity contribution in [2.24, 2.45) is 0 Å². The Morgan fingerprint density at radius 3 is 3.00 bits per heavy atom. The number of aliphatic hydroxyl groups excluding tert-OH is 1. The monoisotopic (exact) mass is 237 g/mol. The van der Waals surface area contributed by atoms with Gasteiger partial charge in [-0.25, -0.2) is 0 Å². The highest BCUT2D eigenvalue weighted by atomic mass is 32.2. The van der Waals surface area contributed by atoms with Crippen LogP contribution in [-0.4, -0.2) is 23.5 Å². The number of fused-ring (bicyclic) bond motifs is 1. The summed E-state index contributed by atoms with van der Waals surface area (Å²) in [5.41, 5.74) is 2.62. The molecular formula is C13H19NOS. The van der Waals surface area contributed by atoms with E-state index in [1.165, 1.54) is 16.1 Å². The lowest BCUT2D eigenvalue weighted by atomic mass is 10.0. The summed E-state index contributed by atoms with van der Waals surface area (Å²) in [4.78, 5) is 1.35. The molecule has 0 saturated carbocycles. The van der Waals surface area contributed by atoms with Crippen molar-refractivity contribution in [3.63, 3.8) is 0 Å². The molecule has 3 heteroatoms. The van der Waals surface area contributed by atoms with E-state index in [0.29, 0.717) is 12.0 Å². The SMILES string of the molecule is CC(C)c1ccc2c(c1)SCC(CCO)N2. The lowest BCUT2D eigenvalue weighted by molar-refractivity contribution is 0.282. The van der Waals surface area contributed by atoms with Gasteiger partial charge in [0.05, 0.1) is 0 Å². The number of thioether (sulfide) groups is 1. The van der Waals surface area contributed by atoms with Crippen LogP contribution in [0.3, 0.4) is 0 Å². The van der Waals surface area contributed by atoms with Crippen molar-refractivity contribution in [1.82, 2.24) is 0 Å². The normalized spacial score (nSPS) is 19.4. The van der Waals surface area contributed by atoms with E-state index in [1.54, 1.807) is 0 Å². The van der Waals surface area contributed by atoms with Gasteiger partial charge in [0.15, 0.2) is 0 Å². The molecule has 0 saturated heterocycles. The van der Waals surface area contributed by atoms with Gasteiger partial charge in [0.25, 0.3) is 0 Å². The fourth-order valence-corrected chi connectivity index (χ4v) is 3.03. The van der Waals surface area contributed by atoms with Crippen LogP contribution in [-0.2, 0) is 0 Å². The van der Waals surface area contributed by atoms with Gasteiger partial charge in [0.1, 0.15) is 0 Å². The van der Waals surface area contributed by atoms with Gasteiger partial charge in [-0.2, -0.15) is 0 Å². The first-order valence-corrected chi connectivity index (χ1v) is 6.83. The van der Waals surface area contributed by atoms with Crippen LogP contribution < -0.4 is 5.32 Å². The highest BCUT2D eigenvalue weighted by Gasteiger charge is 2.18. The second-order valence-corrected chi connectivity index (χ2v) is 5.64. The van der Waals surface area contributed by atoms with E-state index in [9.17, 15) is 0 Å². The van der Waals surface area contributed by atoms with Crippen molar-refractivity contribution < 1.29 is 5.11 Å². The molecule has 1 aliphatic rings. The molecule has 1 atom stereocenters. The molecule has 2 nitrogen and oxygen atoms in total. The van der Waals surface area contributed by atoms with Crippen molar-refractivity contribution in [1.29, 1.82) is 0 Å². The van der Waals surface area contributed by atoms with Gasteiger partial charge in [-0.15, -0.1) is 11.8 Å². The Morgan fingerprint density at radius 1 is 1.50 bits per heavy atom. The molecule has 2 N–H and O–H groups in total. The molecule has 16 heavy (non-hydrogen) atoms. The largest absolute Gasteiger partial charge is 0.396 e. The Hall–Kier alpha value is -0.670. The zero-order chi connectivity index (χ0) is 11.5. The number of benzene rings is 1. The van der Waals surface area contributed by atoms with E-state index in [1.807, 2.05) is 11.8 Å². The maximum Gasteiger partial charge on any atom is 0.0481 e. The number of hydrogen-bond acceptors (Lipinski definition) is 3. The standard InChI is InChI=1S/C13H19NOS/c1-9(2)10-3-4-12-13(7-10)16-8-11(14-12)5-6-15/h3-4,7,9,11,14-15H,5-6,8H2,1-2H3. The Labute approximate surface area is 101 Å². The number of aliphatic hydroxyl groups is 1. The fourth-order valence-electron chi connectivity index (χ4n) is 1.90. The zero-order valence-electron chi connectivity index (χ0n) is 9.86. The van der Waals surface area contributed by atoms with E-state index in [4.69, 9.17) is 5.11 Å². The lowest BCUT2D eigenvalue weighted by Gasteiger charge is -2.26. The molecule has 1 aromatic carbocycles. The van der Waals surface area contributed by atoms with Gasteiger partial charge >= 0.3 is 0 Å². The summed E-state index contributed by atoms with van der Waals surface area (Å²) in [5.74, 6) is 1.64. The van der Waals surface area contributed by atoms with Crippen LogP contribution in [0.2, 0.25) is 0 Å². The second-order valence-electron chi connectivity index (χ2n) is 4.57. The third-order valence-electron chi connectivity index (χ3n) is 2.95. The van der Waals surface area contributed by atoms with Gasteiger partial charge in [-0.3, -0.25) is 0 Å². The molecule has 0 spiro atoms. The quantitative estimate of drug-likeness (QED) is 0.847. The van der Waals surface area contributed by atoms with Crippen molar-refractivity contribution in [2.75, 3.05) is 17.7 Å². The molecule has 1 aromatic rings. The van der Waals surface area contributed by atoms with Gasteiger partial charge in [0, 0.05) is 29.0 Å². The summed E-state index contributed by atoms with van der Waals surface area (Å²) < 4.78 is 0. The Balaban J connectivity index is 2.15. The van der Waals surface area contributed by atoms with Crippen LogP contribution in [0.5, 0.6) is 0 Å². The summed E-state index contributed by atoms with van der Waals surface area (Å²) in [6, 6.07) is 7.05. The Bertz CT molecular complexity index is 365. The molecule has 0 amide bonds. The minimum absolute atomic E-state index is 0.262. The molecule has 88 valence electrons. The molecule has 1 aliphatic heterocycles. The van der Waals surface area contributed by atoms with Crippen LogP contribution >= 0.6 is 11.8 Å².